The standard InChI is InChI=1S/C26H34N4O5/c1-26(2,3)35-24(32)27-17-23(31)28(4)18-19-6-5-7-21(16-19)20-8-10-22(11-9-20)29-12-14-30(15-13-29)25(33)34/h5-11,16H,12-15,17-18H2,1-4H3,(H,27,32)(H,33,34). The molecule has 0 bridgehead atoms. The molecule has 2 N–H and O–H groups in total. The van der Waals surface area contributed by atoms with Crippen LogP contribution in [0.15, 0.2) is 48.5 Å². The van der Waals surface area contributed by atoms with Crippen LogP contribution in [0.4, 0.5) is 15.3 Å². The number of carbonyl (C=O) groups excluding carboxylic acids is 2. The Kier molecular flexibility index (Phi) is 8.22. The van der Waals surface area contributed by atoms with Crippen molar-refractivity contribution in [3.05, 3.63) is 54.1 Å². The third-order valence-electron chi connectivity index (χ3n) is 5.67. The molecule has 1 fully saturated rings. The summed E-state index contributed by atoms with van der Waals surface area (Å²) in [5.74, 6) is -0.214. The molecule has 0 radical (unpaired) electrons. The molecule has 1 saturated heterocycles. The second-order valence-electron chi connectivity index (χ2n) is 9.61. The zero-order valence-corrected chi connectivity index (χ0v) is 20.8. The number of benzene rings is 2. The van der Waals surface area contributed by atoms with Crippen molar-refractivity contribution in [2.75, 3.05) is 44.7 Å². The van der Waals surface area contributed by atoms with E-state index in [1.54, 1.807) is 32.7 Å². The quantitative estimate of drug-likeness (QED) is 0.652. The lowest BCUT2D eigenvalue weighted by molar-refractivity contribution is -0.129. The molecule has 1 heterocycles. The van der Waals surface area contributed by atoms with E-state index < -0.39 is 17.8 Å². The first-order valence-corrected chi connectivity index (χ1v) is 11.6. The number of hydrogen-bond acceptors (Lipinski definition) is 5. The van der Waals surface area contributed by atoms with E-state index in [4.69, 9.17) is 9.84 Å². The van der Waals surface area contributed by atoms with Crippen molar-refractivity contribution >= 4 is 23.8 Å². The lowest BCUT2D eigenvalue weighted by atomic mass is 10.0. The molecule has 3 rings (SSSR count). The number of carboxylic acid groups (broad SMARTS) is 1. The molecule has 0 unspecified atom stereocenters. The van der Waals surface area contributed by atoms with E-state index >= 15 is 0 Å². The number of amides is 3. The van der Waals surface area contributed by atoms with Gasteiger partial charge < -0.3 is 29.9 Å². The summed E-state index contributed by atoms with van der Waals surface area (Å²) in [7, 11) is 1.70. The summed E-state index contributed by atoms with van der Waals surface area (Å²) < 4.78 is 5.16. The van der Waals surface area contributed by atoms with Crippen LogP contribution in [-0.4, -0.2) is 78.4 Å². The molecule has 1 aliphatic rings. The highest BCUT2D eigenvalue weighted by molar-refractivity contribution is 5.82. The average Bonchev–Trinajstić information content (AvgIpc) is 2.82. The first kappa shape index (κ1) is 25.9. The van der Waals surface area contributed by atoms with Crippen molar-refractivity contribution in [3.8, 4) is 11.1 Å². The summed E-state index contributed by atoms with van der Waals surface area (Å²) in [5, 5.41) is 11.6. The minimum Gasteiger partial charge on any atom is -0.465 e. The molecule has 188 valence electrons. The number of hydrogen-bond donors (Lipinski definition) is 2. The van der Waals surface area contributed by atoms with Crippen LogP contribution in [0.3, 0.4) is 0 Å². The molecule has 35 heavy (non-hydrogen) atoms. The molecule has 1 aliphatic heterocycles. The van der Waals surface area contributed by atoms with Crippen LogP contribution in [0, 0.1) is 0 Å². The van der Waals surface area contributed by atoms with Gasteiger partial charge in [-0.1, -0.05) is 30.3 Å². The lowest BCUT2D eigenvalue weighted by Crippen LogP contribution is -2.48. The summed E-state index contributed by atoms with van der Waals surface area (Å²) in [6, 6.07) is 16.2. The Hall–Kier alpha value is -3.75. The lowest BCUT2D eigenvalue weighted by Gasteiger charge is -2.34. The highest BCUT2D eigenvalue weighted by Gasteiger charge is 2.21. The summed E-state index contributed by atoms with van der Waals surface area (Å²) in [4.78, 5) is 40.5. The van der Waals surface area contributed by atoms with Gasteiger partial charge in [-0.25, -0.2) is 9.59 Å². The van der Waals surface area contributed by atoms with Crippen molar-refractivity contribution in [3.63, 3.8) is 0 Å². The highest BCUT2D eigenvalue weighted by Crippen LogP contribution is 2.25. The number of nitrogens with zero attached hydrogens (tertiary/aromatic N) is 3. The van der Waals surface area contributed by atoms with Crippen molar-refractivity contribution in [2.45, 2.75) is 32.9 Å². The van der Waals surface area contributed by atoms with Gasteiger partial charge in [-0.3, -0.25) is 4.79 Å². The Morgan fingerprint density at radius 1 is 1.00 bits per heavy atom. The van der Waals surface area contributed by atoms with Gasteiger partial charge in [0, 0.05) is 45.5 Å². The third-order valence-corrected chi connectivity index (χ3v) is 5.67. The minimum absolute atomic E-state index is 0.132. The number of nitrogens with one attached hydrogen (secondary N) is 1. The van der Waals surface area contributed by atoms with E-state index in [1.165, 1.54) is 4.90 Å². The number of alkyl carbamates (subject to hydrolysis) is 1. The molecule has 0 spiro atoms. The van der Waals surface area contributed by atoms with Gasteiger partial charge in [-0.05, 0) is 55.7 Å². The largest absolute Gasteiger partial charge is 0.465 e. The van der Waals surface area contributed by atoms with Gasteiger partial charge in [0.05, 0.1) is 0 Å². The fourth-order valence-electron chi connectivity index (χ4n) is 3.83. The topological polar surface area (TPSA) is 102 Å². The van der Waals surface area contributed by atoms with Crippen LogP contribution in [0.1, 0.15) is 26.3 Å². The molecule has 2 aromatic carbocycles. The Morgan fingerprint density at radius 3 is 2.26 bits per heavy atom. The molecule has 0 atom stereocenters. The zero-order chi connectivity index (χ0) is 25.6. The van der Waals surface area contributed by atoms with Gasteiger partial charge in [0.2, 0.25) is 5.91 Å². The number of anilines is 1. The average molecular weight is 483 g/mol. The minimum atomic E-state index is -0.869. The van der Waals surface area contributed by atoms with Gasteiger partial charge in [-0.2, -0.15) is 0 Å². The molecule has 2 aromatic rings. The second kappa shape index (κ2) is 11.1. The summed E-state index contributed by atoms with van der Waals surface area (Å²) >= 11 is 0. The highest BCUT2D eigenvalue weighted by atomic mass is 16.6. The second-order valence-corrected chi connectivity index (χ2v) is 9.61. The number of rotatable bonds is 6. The maximum absolute atomic E-state index is 12.4. The monoisotopic (exact) mass is 482 g/mol. The molecule has 0 aromatic heterocycles. The van der Waals surface area contributed by atoms with E-state index in [-0.39, 0.29) is 12.5 Å². The van der Waals surface area contributed by atoms with Crippen LogP contribution >= 0.6 is 0 Å². The van der Waals surface area contributed by atoms with Gasteiger partial charge >= 0.3 is 12.2 Å². The summed E-state index contributed by atoms with van der Waals surface area (Å²) in [6.45, 7) is 7.92. The Morgan fingerprint density at radius 2 is 1.66 bits per heavy atom. The number of piperazine rings is 1. The van der Waals surface area contributed by atoms with Crippen LogP contribution in [0.5, 0.6) is 0 Å². The SMILES string of the molecule is CN(Cc1cccc(-c2ccc(N3CCN(C(=O)O)CC3)cc2)c1)C(=O)CNC(=O)OC(C)(C)C. The van der Waals surface area contributed by atoms with Crippen LogP contribution in [0.2, 0.25) is 0 Å². The fraction of sp³-hybridized carbons (Fsp3) is 0.423. The molecule has 9 nitrogen and oxygen atoms in total. The smallest absolute Gasteiger partial charge is 0.408 e. The Bertz CT molecular complexity index is 1040. The Labute approximate surface area is 206 Å². The molecular formula is C26H34N4O5. The van der Waals surface area contributed by atoms with Gasteiger partial charge in [-0.15, -0.1) is 0 Å². The van der Waals surface area contributed by atoms with Crippen molar-refractivity contribution in [2.24, 2.45) is 0 Å². The van der Waals surface area contributed by atoms with E-state index in [1.807, 2.05) is 24.3 Å². The van der Waals surface area contributed by atoms with Crippen LogP contribution < -0.4 is 10.2 Å². The first-order valence-electron chi connectivity index (χ1n) is 11.6. The van der Waals surface area contributed by atoms with Crippen molar-refractivity contribution in [1.29, 1.82) is 0 Å². The predicted molar refractivity (Wildman–Crippen MR) is 134 cm³/mol. The summed E-state index contributed by atoms with van der Waals surface area (Å²) in [5.41, 5.74) is 3.52. The van der Waals surface area contributed by atoms with Gasteiger partial charge in [0.25, 0.3) is 0 Å². The maximum atomic E-state index is 12.4. The predicted octanol–water partition coefficient (Wildman–Crippen LogP) is 3.64. The number of likely N-dealkylation sites (N-methyl/N-ethyl adjacent to an activating group) is 1. The van der Waals surface area contributed by atoms with Crippen molar-refractivity contribution < 1.29 is 24.2 Å². The van der Waals surface area contributed by atoms with E-state index in [2.05, 4.69) is 34.5 Å². The maximum Gasteiger partial charge on any atom is 0.408 e. The molecular weight excluding hydrogens is 448 g/mol. The van der Waals surface area contributed by atoms with Crippen LogP contribution in [-0.2, 0) is 16.1 Å². The van der Waals surface area contributed by atoms with E-state index in [0.29, 0.717) is 32.7 Å². The molecule has 0 saturated carbocycles. The van der Waals surface area contributed by atoms with Gasteiger partial charge in [0.1, 0.15) is 12.1 Å². The molecule has 0 aliphatic carbocycles. The molecule has 9 heteroatoms. The molecule has 3 amide bonds. The van der Waals surface area contributed by atoms with Gasteiger partial charge in [0.15, 0.2) is 0 Å². The zero-order valence-electron chi connectivity index (χ0n) is 20.8. The van der Waals surface area contributed by atoms with E-state index in [0.717, 1.165) is 22.4 Å². The number of carbonyl (C=O) groups is 3. The third kappa shape index (κ3) is 7.63. The van der Waals surface area contributed by atoms with Crippen molar-refractivity contribution in [1.82, 2.24) is 15.1 Å². The first-order chi connectivity index (χ1) is 16.5. The summed E-state index contributed by atoms with van der Waals surface area (Å²) in [6.07, 6.45) is -1.49. The fourth-order valence-corrected chi connectivity index (χ4v) is 3.83. The normalized spacial score (nSPS) is 13.8. The number of ether oxygens (including phenoxy) is 1. The Balaban J connectivity index is 1.56. The van der Waals surface area contributed by atoms with E-state index in [9.17, 15) is 14.4 Å². The van der Waals surface area contributed by atoms with Crippen LogP contribution in [0.25, 0.3) is 11.1 Å².